The molecule has 33 heavy (non-hydrogen) atoms. The summed E-state index contributed by atoms with van der Waals surface area (Å²) in [5, 5.41) is 14.5. The van der Waals surface area contributed by atoms with Gasteiger partial charge >= 0.3 is 5.69 Å². The number of halogens is 1. The van der Waals surface area contributed by atoms with Crippen LogP contribution in [0.25, 0.3) is 0 Å². The molecule has 2 aromatic rings. The Morgan fingerprint density at radius 2 is 1.88 bits per heavy atom. The minimum absolute atomic E-state index is 0.0216. The summed E-state index contributed by atoms with van der Waals surface area (Å²) in [5.74, 6) is -0.381. The zero-order chi connectivity index (χ0) is 24.4. The van der Waals surface area contributed by atoms with Crippen molar-refractivity contribution in [1.29, 1.82) is 0 Å². The Bertz CT molecular complexity index is 967. The van der Waals surface area contributed by atoms with Crippen LogP contribution in [0.1, 0.15) is 32.3 Å². The Morgan fingerprint density at radius 1 is 1.18 bits per heavy atom. The van der Waals surface area contributed by atoms with Crippen molar-refractivity contribution in [2.75, 3.05) is 20.3 Å². The first-order chi connectivity index (χ1) is 15.8. The fourth-order valence-corrected chi connectivity index (χ4v) is 3.32. The molecule has 0 bridgehead atoms. The Morgan fingerprint density at radius 3 is 2.45 bits per heavy atom. The molecule has 1 N–H and O–H groups in total. The van der Waals surface area contributed by atoms with E-state index in [0.717, 1.165) is 12.0 Å². The van der Waals surface area contributed by atoms with E-state index in [1.165, 1.54) is 30.2 Å². The smallest absolute Gasteiger partial charge is 0.311 e. The van der Waals surface area contributed by atoms with E-state index in [2.05, 4.69) is 5.32 Å². The van der Waals surface area contributed by atoms with Gasteiger partial charge in [0.15, 0.2) is 6.61 Å². The SMILES string of the molecule is CCCNC(=O)[C@H](CC)N(Cc1ccc(Cl)cc1)C(=O)COc1ccc([N+](=O)[O-])c(OC)c1. The minimum Gasteiger partial charge on any atom is -0.490 e. The first-order valence-electron chi connectivity index (χ1n) is 10.6. The second kappa shape index (κ2) is 12.6. The maximum atomic E-state index is 13.2. The number of benzene rings is 2. The van der Waals surface area contributed by atoms with Gasteiger partial charge in [0.2, 0.25) is 11.7 Å². The van der Waals surface area contributed by atoms with E-state index in [9.17, 15) is 19.7 Å². The van der Waals surface area contributed by atoms with Gasteiger partial charge in [-0.25, -0.2) is 0 Å². The summed E-state index contributed by atoms with van der Waals surface area (Å²) in [4.78, 5) is 37.9. The maximum absolute atomic E-state index is 13.2. The van der Waals surface area contributed by atoms with Crippen LogP contribution >= 0.6 is 11.6 Å². The molecule has 2 aromatic carbocycles. The zero-order valence-electron chi connectivity index (χ0n) is 18.9. The van der Waals surface area contributed by atoms with Gasteiger partial charge in [0, 0.05) is 30.2 Å². The van der Waals surface area contributed by atoms with E-state index in [4.69, 9.17) is 21.1 Å². The van der Waals surface area contributed by atoms with Gasteiger partial charge in [-0.15, -0.1) is 0 Å². The Labute approximate surface area is 197 Å². The van der Waals surface area contributed by atoms with E-state index in [1.54, 1.807) is 24.3 Å². The molecule has 0 aliphatic carbocycles. The van der Waals surface area contributed by atoms with Gasteiger partial charge in [-0.2, -0.15) is 0 Å². The molecule has 0 saturated carbocycles. The molecule has 0 aliphatic heterocycles. The number of nitrogens with zero attached hydrogens (tertiary/aromatic N) is 2. The summed E-state index contributed by atoms with van der Waals surface area (Å²) in [6.45, 7) is 4.13. The predicted octanol–water partition coefficient (Wildman–Crippen LogP) is 3.97. The number of methoxy groups -OCH3 is 1. The second-order valence-corrected chi connectivity index (χ2v) is 7.68. The number of hydrogen-bond donors (Lipinski definition) is 1. The van der Waals surface area contributed by atoms with Crippen LogP contribution < -0.4 is 14.8 Å². The summed E-state index contributed by atoms with van der Waals surface area (Å²) in [5.41, 5.74) is 0.602. The molecule has 1 atom stereocenters. The molecular weight excluding hydrogens is 450 g/mol. The van der Waals surface area contributed by atoms with Crippen molar-refractivity contribution in [3.63, 3.8) is 0 Å². The molecule has 0 aliphatic rings. The zero-order valence-corrected chi connectivity index (χ0v) is 19.6. The number of nitro benzene ring substituents is 1. The molecule has 10 heteroatoms. The molecule has 0 spiro atoms. The third-order valence-electron chi connectivity index (χ3n) is 4.91. The lowest BCUT2D eigenvalue weighted by atomic mass is 10.1. The van der Waals surface area contributed by atoms with Gasteiger partial charge in [-0.05, 0) is 36.6 Å². The van der Waals surface area contributed by atoms with Gasteiger partial charge in [-0.1, -0.05) is 37.6 Å². The molecular formula is C23H28ClN3O6. The van der Waals surface area contributed by atoms with Crippen LogP contribution in [-0.4, -0.2) is 47.9 Å². The molecule has 2 amide bonds. The largest absolute Gasteiger partial charge is 0.490 e. The number of hydrogen-bond acceptors (Lipinski definition) is 6. The van der Waals surface area contributed by atoms with Crippen molar-refractivity contribution >= 4 is 29.1 Å². The normalized spacial score (nSPS) is 11.4. The molecule has 0 radical (unpaired) electrons. The number of carbonyl (C=O) groups excluding carboxylic acids is 2. The van der Waals surface area contributed by atoms with Crippen molar-refractivity contribution in [2.24, 2.45) is 0 Å². The minimum atomic E-state index is -0.685. The molecule has 0 aromatic heterocycles. The topological polar surface area (TPSA) is 111 Å². The quantitative estimate of drug-likeness (QED) is 0.365. The Balaban J connectivity index is 2.22. The highest BCUT2D eigenvalue weighted by atomic mass is 35.5. The second-order valence-electron chi connectivity index (χ2n) is 7.24. The molecule has 178 valence electrons. The highest BCUT2D eigenvalue weighted by molar-refractivity contribution is 6.30. The Hall–Kier alpha value is -3.33. The van der Waals surface area contributed by atoms with E-state index in [1.807, 2.05) is 13.8 Å². The number of carbonyl (C=O) groups is 2. The lowest BCUT2D eigenvalue weighted by molar-refractivity contribution is -0.385. The van der Waals surface area contributed by atoms with Crippen LogP contribution in [0.15, 0.2) is 42.5 Å². The van der Waals surface area contributed by atoms with E-state index >= 15 is 0 Å². The lowest BCUT2D eigenvalue weighted by Crippen LogP contribution is -2.50. The van der Waals surface area contributed by atoms with Gasteiger partial charge in [0.1, 0.15) is 11.8 Å². The number of ether oxygens (including phenoxy) is 2. The number of nitro groups is 1. The average Bonchev–Trinajstić information content (AvgIpc) is 2.81. The molecule has 9 nitrogen and oxygen atoms in total. The van der Waals surface area contributed by atoms with Crippen molar-refractivity contribution in [2.45, 2.75) is 39.3 Å². The number of rotatable bonds is 12. The number of amides is 2. The first kappa shape index (κ1) is 25.9. The predicted molar refractivity (Wildman–Crippen MR) is 125 cm³/mol. The molecule has 0 saturated heterocycles. The van der Waals surface area contributed by atoms with E-state index in [-0.39, 0.29) is 36.2 Å². The summed E-state index contributed by atoms with van der Waals surface area (Å²) in [6, 6.07) is 10.3. The van der Waals surface area contributed by atoms with Gasteiger partial charge < -0.3 is 19.7 Å². The average molecular weight is 478 g/mol. The van der Waals surface area contributed by atoms with Crippen molar-refractivity contribution < 1.29 is 24.0 Å². The molecule has 0 fully saturated rings. The molecule has 0 unspecified atom stereocenters. The van der Waals surface area contributed by atoms with Crippen LogP contribution in [-0.2, 0) is 16.1 Å². The first-order valence-corrected chi connectivity index (χ1v) is 10.9. The monoisotopic (exact) mass is 477 g/mol. The van der Waals surface area contributed by atoms with Gasteiger partial charge in [0.25, 0.3) is 5.91 Å². The highest BCUT2D eigenvalue weighted by Gasteiger charge is 2.29. The van der Waals surface area contributed by atoms with Crippen LogP contribution in [0.4, 0.5) is 5.69 Å². The van der Waals surface area contributed by atoms with Crippen LogP contribution in [0.3, 0.4) is 0 Å². The summed E-state index contributed by atoms with van der Waals surface area (Å²) in [7, 11) is 1.31. The van der Waals surface area contributed by atoms with Crippen LogP contribution in [0.2, 0.25) is 5.02 Å². The number of nitrogens with one attached hydrogen (secondary N) is 1. The maximum Gasteiger partial charge on any atom is 0.311 e. The van der Waals surface area contributed by atoms with E-state index < -0.39 is 16.9 Å². The third kappa shape index (κ3) is 7.35. The van der Waals surface area contributed by atoms with Crippen LogP contribution in [0.5, 0.6) is 11.5 Å². The molecule has 2 rings (SSSR count). The fraction of sp³-hybridized carbons (Fsp3) is 0.391. The summed E-state index contributed by atoms with van der Waals surface area (Å²) >= 11 is 5.96. The standard InChI is InChI=1S/C23H28ClN3O6/c1-4-12-25-23(29)19(5-2)26(14-16-6-8-17(24)9-7-16)22(28)15-33-18-10-11-20(27(30)31)21(13-18)32-3/h6-11,13,19H,4-5,12,14-15H2,1-3H3,(H,25,29)/t19-/m0/s1. The summed E-state index contributed by atoms with van der Waals surface area (Å²) < 4.78 is 10.6. The fourth-order valence-electron chi connectivity index (χ4n) is 3.20. The van der Waals surface area contributed by atoms with Crippen LogP contribution in [0, 0.1) is 10.1 Å². The Kier molecular flexibility index (Phi) is 9.93. The van der Waals surface area contributed by atoms with Crippen molar-refractivity contribution in [1.82, 2.24) is 10.2 Å². The van der Waals surface area contributed by atoms with Crippen molar-refractivity contribution in [3.05, 3.63) is 63.2 Å². The lowest BCUT2D eigenvalue weighted by Gasteiger charge is -2.30. The van der Waals surface area contributed by atoms with E-state index in [0.29, 0.717) is 18.0 Å². The highest BCUT2D eigenvalue weighted by Crippen LogP contribution is 2.30. The van der Waals surface area contributed by atoms with Crippen molar-refractivity contribution in [3.8, 4) is 11.5 Å². The molecule has 0 heterocycles. The summed E-state index contributed by atoms with van der Waals surface area (Å²) in [6.07, 6.45) is 1.19. The van der Waals surface area contributed by atoms with Gasteiger partial charge in [0.05, 0.1) is 12.0 Å². The van der Waals surface area contributed by atoms with Gasteiger partial charge in [-0.3, -0.25) is 19.7 Å². The third-order valence-corrected chi connectivity index (χ3v) is 5.16.